The van der Waals surface area contributed by atoms with Gasteiger partial charge in [-0.3, -0.25) is 0 Å². The fourth-order valence-electron chi connectivity index (χ4n) is 4.45. The Balaban J connectivity index is 1.74. The molecule has 0 saturated heterocycles. The summed E-state index contributed by atoms with van der Waals surface area (Å²) in [4.78, 5) is 0. The summed E-state index contributed by atoms with van der Waals surface area (Å²) in [6.45, 7) is 6.65. The van der Waals surface area contributed by atoms with Gasteiger partial charge in [0.05, 0.1) is 11.0 Å². The van der Waals surface area contributed by atoms with Crippen molar-refractivity contribution in [2.45, 2.75) is 27.2 Å². The molecule has 29 heavy (non-hydrogen) atoms. The third kappa shape index (κ3) is 2.86. The molecule has 142 valence electrons. The first-order valence-corrected chi connectivity index (χ1v) is 10.4. The first-order chi connectivity index (χ1) is 14.2. The zero-order valence-electron chi connectivity index (χ0n) is 17.2. The van der Waals surface area contributed by atoms with Crippen molar-refractivity contribution in [3.8, 4) is 16.8 Å². The minimum atomic E-state index is 1.07. The minimum Gasteiger partial charge on any atom is -0.309 e. The molecule has 0 amide bonds. The van der Waals surface area contributed by atoms with E-state index >= 15 is 0 Å². The Hall–Kier alpha value is -3.32. The van der Waals surface area contributed by atoms with Crippen molar-refractivity contribution in [3.63, 3.8) is 0 Å². The van der Waals surface area contributed by atoms with Crippen molar-refractivity contribution in [1.82, 2.24) is 4.57 Å². The zero-order valence-corrected chi connectivity index (χ0v) is 17.2. The number of hydrogen-bond donors (Lipinski definition) is 0. The maximum atomic E-state index is 2.41. The van der Waals surface area contributed by atoms with Gasteiger partial charge in [0.25, 0.3) is 0 Å². The third-order valence-corrected chi connectivity index (χ3v) is 6.04. The lowest BCUT2D eigenvalue weighted by Gasteiger charge is -2.16. The molecule has 0 bridgehead atoms. The van der Waals surface area contributed by atoms with Crippen molar-refractivity contribution in [2.24, 2.45) is 0 Å². The van der Waals surface area contributed by atoms with Gasteiger partial charge >= 0.3 is 0 Å². The highest BCUT2D eigenvalue weighted by molar-refractivity contribution is 6.09. The minimum absolute atomic E-state index is 1.07. The number of rotatable bonds is 3. The molecule has 0 N–H and O–H groups in total. The first-order valence-electron chi connectivity index (χ1n) is 10.4. The SMILES string of the molecule is CCc1ccc(-c2cc(C)c(-n3c4ccccc4c4ccccc43)cc2C)cc1. The molecule has 5 aromatic rings. The van der Waals surface area contributed by atoms with Gasteiger partial charge in [-0.15, -0.1) is 0 Å². The van der Waals surface area contributed by atoms with Gasteiger partial charge < -0.3 is 4.57 Å². The zero-order chi connectivity index (χ0) is 20.0. The Morgan fingerprint density at radius 1 is 0.655 bits per heavy atom. The molecule has 0 saturated carbocycles. The number of para-hydroxylation sites is 2. The van der Waals surface area contributed by atoms with Gasteiger partial charge in [0.2, 0.25) is 0 Å². The van der Waals surface area contributed by atoms with Crippen molar-refractivity contribution < 1.29 is 0 Å². The van der Waals surface area contributed by atoms with Crippen LogP contribution < -0.4 is 0 Å². The second kappa shape index (κ2) is 6.93. The summed E-state index contributed by atoms with van der Waals surface area (Å²) in [5.41, 5.74) is 10.4. The molecule has 0 fully saturated rings. The molecule has 4 aromatic carbocycles. The molecular formula is C28H25N. The van der Waals surface area contributed by atoms with Crippen molar-refractivity contribution in [1.29, 1.82) is 0 Å². The van der Waals surface area contributed by atoms with Gasteiger partial charge in [0, 0.05) is 16.5 Å². The maximum Gasteiger partial charge on any atom is 0.0541 e. The fourth-order valence-corrected chi connectivity index (χ4v) is 4.45. The first kappa shape index (κ1) is 17.8. The van der Waals surface area contributed by atoms with Gasteiger partial charge in [-0.1, -0.05) is 67.6 Å². The van der Waals surface area contributed by atoms with Crippen LogP contribution >= 0.6 is 0 Å². The van der Waals surface area contributed by atoms with Crippen LogP contribution in [0.5, 0.6) is 0 Å². The van der Waals surface area contributed by atoms with Crippen molar-refractivity contribution in [3.05, 3.63) is 102 Å². The summed E-state index contributed by atoms with van der Waals surface area (Å²) in [5, 5.41) is 2.61. The van der Waals surface area contributed by atoms with E-state index in [2.05, 4.69) is 110 Å². The predicted molar refractivity (Wildman–Crippen MR) is 125 cm³/mol. The maximum absolute atomic E-state index is 2.41. The largest absolute Gasteiger partial charge is 0.309 e. The van der Waals surface area contributed by atoms with Gasteiger partial charge in [-0.05, 0) is 72.4 Å². The lowest BCUT2D eigenvalue weighted by Crippen LogP contribution is -1.99. The molecule has 0 aliphatic carbocycles. The van der Waals surface area contributed by atoms with Crippen LogP contribution in [0.25, 0.3) is 38.6 Å². The Bertz CT molecular complexity index is 1280. The summed E-state index contributed by atoms with van der Waals surface area (Å²) >= 11 is 0. The molecule has 1 heterocycles. The van der Waals surface area contributed by atoms with Crippen molar-refractivity contribution >= 4 is 21.8 Å². The smallest absolute Gasteiger partial charge is 0.0541 e. The van der Waals surface area contributed by atoms with Crippen LogP contribution in [0.15, 0.2) is 84.9 Å². The summed E-state index contributed by atoms with van der Waals surface area (Å²) in [7, 11) is 0. The highest BCUT2D eigenvalue weighted by Crippen LogP contribution is 2.35. The van der Waals surface area contributed by atoms with E-state index in [9.17, 15) is 0 Å². The average Bonchev–Trinajstić information content (AvgIpc) is 3.10. The van der Waals surface area contributed by atoms with E-state index in [0.29, 0.717) is 0 Å². The van der Waals surface area contributed by atoms with Crippen LogP contribution in [-0.4, -0.2) is 4.57 Å². The summed E-state index contributed by atoms with van der Waals surface area (Å²) in [6.07, 6.45) is 1.07. The van der Waals surface area contributed by atoms with E-state index < -0.39 is 0 Å². The average molecular weight is 376 g/mol. The van der Waals surface area contributed by atoms with Crippen molar-refractivity contribution in [2.75, 3.05) is 0 Å². The molecule has 0 unspecified atom stereocenters. The van der Waals surface area contributed by atoms with Gasteiger partial charge in [-0.2, -0.15) is 0 Å². The number of benzene rings is 4. The molecule has 0 aliphatic heterocycles. The van der Waals surface area contributed by atoms with E-state index in [0.717, 1.165) is 6.42 Å². The number of aryl methyl sites for hydroxylation is 3. The molecule has 0 radical (unpaired) electrons. The van der Waals surface area contributed by atoms with Crippen LogP contribution in [0, 0.1) is 13.8 Å². The summed E-state index contributed by atoms with van der Waals surface area (Å²) in [6, 6.07) is 31.1. The second-order valence-corrected chi connectivity index (χ2v) is 7.87. The third-order valence-electron chi connectivity index (χ3n) is 6.04. The molecule has 1 heteroatoms. The molecular weight excluding hydrogens is 350 g/mol. The van der Waals surface area contributed by atoms with E-state index in [1.54, 1.807) is 0 Å². The molecule has 5 rings (SSSR count). The standard InChI is InChI=1S/C28H25N/c1-4-21-13-15-22(16-14-21)25-17-20(3)28(18-19(25)2)29-26-11-7-5-9-23(26)24-10-6-8-12-27(24)29/h5-18H,4H2,1-3H3. The van der Waals surface area contributed by atoms with Crippen LogP contribution in [0.4, 0.5) is 0 Å². The number of hydrogen-bond acceptors (Lipinski definition) is 0. The molecule has 1 nitrogen and oxygen atoms in total. The Morgan fingerprint density at radius 3 is 1.83 bits per heavy atom. The lowest BCUT2D eigenvalue weighted by molar-refractivity contribution is 1.14. The predicted octanol–water partition coefficient (Wildman–Crippen LogP) is 7.63. The molecule has 0 spiro atoms. The topological polar surface area (TPSA) is 4.93 Å². The van der Waals surface area contributed by atoms with Gasteiger partial charge in [-0.25, -0.2) is 0 Å². The quantitative estimate of drug-likeness (QED) is 0.305. The van der Waals surface area contributed by atoms with Gasteiger partial charge in [0.1, 0.15) is 0 Å². The molecule has 0 atom stereocenters. The van der Waals surface area contributed by atoms with E-state index in [4.69, 9.17) is 0 Å². The lowest BCUT2D eigenvalue weighted by atomic mass is 9.96. The highest BCUT2D eigenvalue weighted by Gasteiger charge is 2.14. The summed E-state index contributed by atoms with van der Waals surface area (Å²) in [5.74, 6) is 0. The van der Waals surface area contributed by atoms with Crippen LogP contribution in [0.1, 0.15) is 23.6 Å². The number of aromatic nitrogens is 1. The fraction of sp³-hybridized carbons (Fsp3) is 0.143. The number of fused-ring (bicyclic) bond motifs is 3. The van der Waals surface area contributed by atoms with Crippen LogP contribution in [0.2, 0.25) is 0 Å². The van der Waals surface area contributed by atoms with Gasteiger partial charge in [0.15, 0.2) is 0 Å². The van der Waals surface area contributed by atoms with E-state index in [1.165, 1.54) is 55.3 Å². The summed E-state index contributed by atoms with van der Waals surface area (Å²) < 4.78 is 2.41. The molecule has 0 aliphatic rings. The molecule has 1 aromatic heterocycles. The monoisotopic (exact) mass is 375 g/mol. The van der Waals surface area contributed by atoms with Crippen LogP contribution in [0.3, 0.4) is 0 Å². The second-order valence-electron chi connectivity index (χ2n) is 7.87. The highest BCUT2D eigenvalue weighted by atomic mass is 15.0. The number of nitrogens with zero attached hydrogens (tertiary/aromatic N) is 1. The van der Waals surface area contributed by atoms with Crippen LogP contribution in [-0.2, 0) is 6.42 Å². The Morgan fingerprint density at radius 2 is 1.24 bits per heavy atom. The Kier molecular flexibility index (Phi) is 4.24. The Labute approximate surface area is 172 Å². The normalized spacial score (nSPS) is 11.4. The van der Waals surface area contributed by atoms with E-state index in [-0.39, 0.29) is 0 Å². The van der Waals surface area contributed by atoms with E-state index in [1.807, 2.05) is 0 Å².